The summed E-state index contributed by atoms with van der Waals surface area (Å²) in [7, 11) is 2.18. The molecule has 2 aromatic carbocycles. The van der Waals surface area contributed by atoms with Gasteiger partial charge in [0, 0.05) is 59.6 Å². The molecule has 0 spiro atoms. The second-order valence-electron chi connectivity index (χ2n) is 9.03. The van der Waals surface area contributed by atoms with Crippen molar-refractivity contribution in [1.29, 1.82) is 0 Å². The quantitative estimate of drug-likeness (QED) is 0.530. The van der Waals surface area contributed by atoms with Gasteiger partial charge in [-0.1, -0.05) is 18.5 Å². The molecule has 0 saturated carbocycles. The van der Waals surface area contributed by atoms with Gasteiger partial charge in [-0.05, 0) is 76.2 Å². The maximum absolute atomic E-state index is 13.1. The summed E-state index contributed by atoms with van der Waals surface area (Å²) in [6, 6.07) is 12.5. The Morgan fingerprint density at radius 2 is 1.91 bits per heavy atom. The predicted molar refractivity (Wildman–Crippen MR) is 136 cm³/mol. The summed E-state index contributed by atoms with van der Waals surface area (Å²) >= 11 is 6.40. The van der Waals surface area contributed by atoms with Crippen LogP contribution in [0.15, 0.2) is 42.6 Å². The number of aromatic nitrogens is 2. The Kier molecular flexibility index (Phi) is 6.77. The number of carbonyl (C=O) groups is 1. The minimum Gasteiger partial charge on any atom is -0.368 e. The molecule has 1 saturated heterocycles. The molecule has 174 valence electrons. The van der Waals surface area contributed by atoms with Crippen molar-refractivity contribution in [3.8, 4) is 11.4 Å². The molecule has 7 heteroatoms. The third kappa shape index (κ3) is 4.92. The summed E-state index contributed by atoms with van der Waals surface area (Å²) in [5.41, 5.74) is 5.26. The number of aryl methyl sites for hydroxylation is 2. The molecule has 1 aliphatic heterocycles. The van der Waals surface area contributed by atoms with Gasteiger partial charge in [0.1, 0.15) is 5.82 Å². The number of H-pyrrole nitrogens is 1. The monoisotopic (exact) mass is 465 g/mol. The van der Waals surface area contributed by atoms with Crippen LogP contribution in [-0.4, -0.2) is 53.0 Å². The molecule has 0 unspecified atom stereocenters. The molecule has 2 N–H and O–H groups in total. The average Bonchev–Trinajstić information content (AvgIpc) is 3.27. The number of piperazine rings is 1. The summed E-state index contributed by atoms with van der Waals surface area (Å²) in [4.78, 5) is 25.6. The van der Waals surface area contributed by atoms with E-state index >= 15 is 0 Å². The zero-order chi connectivity index (χ0) is 23.7. The normalized spacial score (nSPS) is 19.0. The van der Waals surface area contributed by atoms with Gasteiger partial charge in [0.25, 0.3) is 5.91 Å². The Balaban J connectivity index is 1.51. The number of likely N-dealkylation sites (N-methyl/N-ethyl adjacent to an activating group) is 1. The van der Waals surface area contributed by atoms with Crippen LogP contribution in [0.25, 0.3) is 11.4 Å². The van der Waals surface area contributed by atoms with E-state index in [1.807, 2.05) is 31.3 Å². The average molecular weight is 466 g/mol. The van der Waals surface area contributed by atoms with Crippen molar-refractivity contribution >= 4 is 28.9 Å². The van der Waals surface area contributed by atoms with E-state index in [1.54, 1.807) is 6.07 Å². The molecule has 1 aliphatic rings. The number of carbonyl (C=O) groups excluding carboxylic acids is 1. The van der Waals surface area contributed by atoms with Gasteiger partial charge >= 0.3 is 0 Å². The van der Waals surface area contributed by atoms with Gasteiger partial charge in [0.2, 0.25) is 0 Å². The van der Waals surface area contributed by atoms with Crippen LogP contribution in [0.3, 0.4) is 0 Å². The molecule has 1 aromatic heterocycles. The third-order valence-corrected chi connectivity index (χ3v) is 7.00. The third-order valence-electron chi connectivity index (χ3n) is 6.67. The zero-order valence-electron chi connectivity index (χ0n) is 19.9. The fourth-order valence-electron chi connectivity index (χ4n) is 4.37. The van der Waals surface area contributed by atoms with Gasteiger partial charge in [-0.25, -0.2) is 4.98 Å². The van der Waals surface area contributed by atoms with Crippen LogP contribution in [0, 0.1) is 6.92 Å². The van der Waals surface area contributed by atoms with E-state index in [9.17, 15) is 4.79 Å². The van der Waals surface area contributed by atoms with Crippen molar-refractivity contribution in [2.45, 2.75) is 46.2 Å². The Hall–Kier alpha value is -2.83. The summed E-state index contributed by atoms with van der Waals surface area (Å²) in [6.07, 6.45) is 2.67. The highest BCUT2D eigenvalue weighted by atomic mass is 35.5. The standard InChI is InChI=1S/C26H32ClN5O/c1-6-19-13-28-25(29-19)23-12-20(7-10-24(23)27)30-26(33)22-9-8-21(11-16(22)2)32-14-17(3)31(5)18(4)15-32/h7-13,17-18H,6,14-15H2,1-5H3,(H,28,29)(H,30,33)/t17-,18+. The fraction of sp³-hybridized carbons (Fsp3) is 0.385. The Labute approximate surface area is 201 Å². The summed E-state index contributed by atoms with van der Waals surface area (Å²) in [5.74, 6) is 0.560. The van der Waals surface area contributed by atoms with Crippen LogP contribution >= 0.6 is 11.6 Å². The minimum absolute atomic E-state index is 0.138. The number of hydrogen-bond acceptors (Lipinski definition) is 4. The van der Waals surface area contributed by atoms with Gasteiger partial charge in [-0.3, -0.25) is 9.69 Å². The molecule has 0 radical (unpaired) electrons. The number of halogens is 1. The molecule has 33 heavy (non-hydrogen) atoms. The van der Waals surface area contributed by atoms with E-state index in [2.05, 4.69) is 65.0 Å². The van der Waals surface area contributed by atoms with E-state index in [0.29, 0.717) is 34.2 Å². The molecule has 3 aromatic rings. The largest absolute Gasteiger partial charge is 0.368 e. The van der Waals surface area contributed by atoms with Gasteiger partial charge < -0.3 is 15.2 Å². The lowest BCUT2D eigenvalue weighted by molar-refractivity contribution is 0.102. The maximum atomic E-state index is 13.1. The number of nitrogens with zero attached hydrogens (tertiary/aromatic N) is 3. The second-order valence-corrected chi connectivity index (χ2v) is 9.43. The summed E-state index contributed by atoms with van der Waals surface area (Å²) in [6.45, 7) is 10.5. The first kappa shape index (κ1) is 23.3. The van der Waals surface area contributed by atoms with Crippen LogP contribution in [0.4, 0.5) is 11.4 Å². The lowest BCUT2D eigenvalue weighted by atomic mass is 10.0. The first-order valence-corrected chi connectivity index (χ1v) is 11.9. The molecule has 4 rings (SSSR count). The number of imidazole rings is 1. The number of hydrogen-bond donors (Lipinski definition) is 2. The van der Waals surface area contributed by atoms with Crippen molar-refractivity contribution in [3.05, 3.63) is 64.4 Å². The highest BCUT2D eigenvalue weighted by Gasteiger charge is 2.27. The summed E-state index contributed by atoms with van der Waals surface area (Å²) < 4.78 is 0. The second kappa shape index (κ2) is 9.57. The first-order valence-electron chi connectivity index (χ1n) is 11.5. The maximum Gasteiger partial charge on any atom is 0.255 e. The lowest BCUT2D eigenvalue weighted by Gasteiger charge is -2.43. The van der Waals surface area contributed by atoms with Crippen LogP contribution in [0.2, 0.25) is 5.02 Å². The first-order chi connectivity index (χ1) is 15.8. The van der Waals surface area contributed by atoms with Gasteiger partial charge in [0.05, 0.1) is 5.02 Å². The molecular formula is C26H32ClN5O. The Morgan fingerprint density at radius 3 is 2.55 bits per heavy atom. The smallest absolute Gasteiger partial charge is 0.255 e. The highest BCUT2D eigenvalue weighted by molar-refractivity contribution is 6.33. The van der Waals surface area contributed by atoms with E-state index < -0.39 is 0 Å². The molecular weight excluding hydrogens is 434 g/mol. The van der Waals surface area contributed by atoms with Gasteiger partial charge in [-0.2, -0.15) is 0 Å². The molecule has 1 fully saturated rings. The number of aromatic amines is 1. The number of amides is 1. The lowest BCUT2D eigenvalue weighted by Crippen LogP contribution is -2.55. The molecule has 6 nitrogen and oxygen atoms in total. The number of rotatable bonds is 5. The van der Waals surface area contributed by atoms with Crippen molar-refractivity contribution in [2.75, 3.05) is 30.4 Å². The number of nitrogens with one attached hydrogen (secondary N) is 2. The number of anilines is 2. The summed E-state index contributed by atoms with van der Waals surface area (Å²) in [5, 5.41) is 3.60. The van der Waals surface area contributed by atoms with Crippen molar-refractivity contribution in [2.24, 2.45) is 0 Å². The number of benzene rings is 2. The molecule has 0 aliphatic carbocycles. The van der Waals surface area contributed by atoms with E-state index in [4.69, 9.17) is 11.6 Å². The molecule has 2 heterocycles. The van der Waals surface area contributed by atoms with Gasteiger partial charge in [-0.15, -0.1) is 0 Å². The van der Waals surface area contributed by atoms with Crippen molar-refractivity contribution in [1.82, 2.24) is 14.9 Å². The topological polar surface area (TPSA) is 64.3 Å². The van der Waals surface area contributed by atoms with E-state index in [0.717, 1.165) is 42.0 Å². The molecule has 2 atom stereocenters. The Morgan fingerprint density at radius 1 is 1.18 bits per heavy atom. The van der Waals surface area contributed by atoms with E-state index in [1.165, 1.54) is 0 Å². The van der Waals surface area contributed by atoms with Crippen LogP contribution in [-0.2, 0) is 6.42 Å². The Bertz CT molecular complexity index is 1150. The predicted octanol–water partition coefficient (Wildman–Crippen LogP) is 5.38. The SMILES string of the molecule is CCc1cnc(-c2cc(NC(=O)c3ccc(N4C[C@@H](C)N(C)[C@@H](C)C4)cc3C)ccc2Cl)[nH]1. The fourth-order valence-corrected chi connectivity index (χ4v) is 4.58. The van der Waals surface area contributed by atoms with Crippen LogP contribution in [0.5, 0.6) is 0 Å². The molecule has 0 bridgehead atoms. The highest BCUT2D eigenvalue weighted by Crippen LogP contribution is 2.30. The molecule has 1 amide bonds. The minimum atomic E-state index is -0.138. The van der Waals surface area contributed by atoms with Gasteiger partial charge in [0.15, 0.2) is 0 Å². The van der Waals surface area contributed by atoms with Crippen LogP contribution in [0.1, 0.15) is 42.4 Å². The van der Waals surface area contributed by atoms with E-state index in [-0.39, 0.29) is 5.91 Å². The van der Waals surface area contributed by atoms with Crippen molar-refractivity contribution in [3.63, 3.8) is 0 Å². The zero-order valence-corrected chi connectivity index (χ0v) is 20.7. The van der Waals surface area contributed by atoms with Crippen LogP contribution < -0.4 is 10.2 Å². The van der Waals surface area contributed by atoms with Crippen molar-refractivity contribution < 1.29 is 4.79 Å².